The average molecular weight is 325 g/mol. The average Bonchev–Trinajstić information content (AvgIpc) is 2.97. The van der Waals surface area contributed by atoms with Crippen LogP contribution in [0.15, 0.2) is 48.7 Å². The summed E-state index contributed by atoms with van der Waals surface area (Å²) in [5.41, 5.74) is 9.71. The molecule has 0 aliphatic rings. The Morgan fingerprint density at radius 3 is 2.58 bits per heavy atom. The fraction of sp³-hybridized carbons (Fsp3) is 0.111. The number of anilines is 1. The number of aromatic nitrogens is 2. The van der Waals surface area contributed by atoms with Gasteiger partial charge in [-0.1, -0.05) is 12.1 Å². The van der Waals surface area contributed by atoms with Crippen molar-refractivity contribution in [2.75, 3.05) is 12.3 Å². The van der Waals surface area contributed by atoms with Crippen LogP contribution in [-0.2, 0) is 6.42 Å². The van der Waals surface area contributed by atoms with E-state index in [1.54, 1.807) is 36.5 Å². The van der Waals surface area contributed by atoms with E-state index >= 15 is 0 Å². The highest BCUT2D eigenvalue weighted by Crippen LogP contribution is 2.31. The lowest BCUT2D eigenvalue weighted by Gasteiger charge is -2.10. The van der Waals surface area contributed by atoms with Crippen LogP contribution in [0.2, 0.25) is 0 Å². The molecule has 0 spiro atoms. The zero-order valence-corrected chi connectivity index (χ0v) is 12.8. The van der Waals surface area contributed by atoms with Gasteiger partial charge in [0.2, 0.25) is 0 Å². The molecule has 0 amide bonds. The molecule has 2 aromatic carbocycles. The molecule has 0 bridgehead atoms. The highest BCUT2D eigenvalue weighted by atomic mass is 19.1. The van der Waals surface area contributed by atoms with Gasteiger partial charge in [-0.25, -0.2) is 9.07 Å². The minimum Gasteiger partial charge on any atom is -0.396 e. The Bertz CT molecular complexity index is 872. The van der Waals surface area contributed by atoms with Crippen molar-refractivity contribution in [3.63, 3.8) is 0 Å². The number of aldehydes is 1. The molecule has 6 heteroatoms. The number of hydrogen-bond donors (Lipinski definition) is 2. The third-order valence-corrected chi connectivity index (χ3v) is 3.81. The van der Waals surface area contributed by atoms with Gasteiger partial charge in [-0.05, 0) is 47.9 Å². The fourth-order valence-electron chi connectivity index (χ4n) is 2.63. The van der Waals surface area contributed by atoms with Crippen LogP contribution in [0.4, 0.5) is 10.2 Å². The summed E-state index contributed by atoms with van der Waals surface area (Å²) in [5.74, 6) is 0.0686. The molecule has 122 valence electrons. The maximum absolute atomic E-state index is 13.1. The minimum absolute atomic E-state index is 0.0404. The first-order valence-corrected chi connectivity index (χ1v) is 7.43. The van der Waals surface area contributed by atoms with Gasteiger partial charge in [0.05, 0.1) is 11.9 Å². The van der Waals surface area contributed by atoms with Gasteiger partial charge in [-0.15, -0.1) is 0 Å². The van der Waals surface area contributed by atoms with Crippen molar-refractivity contribution in [1.82, 2.24) is 9.78 Å². The Balaban J connectivity index is 2.08. The van der Waals surface area contributed by atoms with E-state index in [1.807, 2.05) is 0 Å². The lowest BCUT2D eigenvalue weighted by Crippen LogP contribution is -2.03. The van der Waals surface area contributed by atoms with Crippen molar-refractivity contribution < 1.29 is 14.3 Å². The fourth-order valence-corrected chi connectivity index (χ4v) is 2.63. The summed E-state index contributed by atoms with van der Waals surface area (Å²) in [6.07, 6.45) is 2.78. The maximum Gasteiger partial charge on any atom is 0.150 e. The number of carbonyl (C=O) groups excluding carboxylic acids is 1. The number of benzene rings is 2. The van der Waals surface area contributed by atoms with Crippen LogP contribution in [-0.4, -0.2) is 27.8 Å². The van der Waals surface area contributed by atoms with Crippen molar-refractivity contribution in [2.45, 2.75) is 6.42 Å². The normalized spacial score (nSPS) is 10.8. The predicted molar refractivity (Wildman–Crippen MR) is 89.5 cm³/mol. The molecular weight excluding hydrogens is 309 g/mol. The molecule has 0 atom stereocenters. The molecule has 0 fully saturated rings. The van der Waals surface area contributed by atoms with Crippen LogP contribution in [0.1, 0.15) is 15.9 Å². The molecule has 0 unspecified atom stereocenters. The third-order valence-electron chi connectivity index (χ3n) is 3.81. The summed E-state index contributed by atoms with van der Waals surface area (Å²) < 4.78 is 14.6. The molecule has 3 rings (SSSR count). The van der Waals surface area contributed by atoms with Crippen LogP contribution in [0.5, 0.6) is 0 Å². The van der Waals surface area contributed by atoms with Crippen LogP contribution in [0.25, 0.3) is 16.8 Å². The van der Waals surface area contributed by atoms with Crippen LogP contribution in [0.3, 0.4) is 0 Å². The van der Waals surface area contributed by atoms with E-state index in [4.69, 9.17) is 5.73 Å². The number of nitrogens with two attached hydrogens (primary N) is 1. The number of carbonyl (C=O) groups is 1. The zero-order valence-electron chi connectivity index (χ0n) is 12.8. The van der Waals surface area contributed by atoms with Gasteiger partial charge in [0, 0.05) is 17.7 Å². The van der Waals surface area contributed by atoms with Crippen LogP contribution in [0, 0.1) is 5.82 Å². The van der Waals surface area contributed by atoms with Crippen molar-refractivity contribution in [1.29, 1.82) is 0 Å². The summed E-state index contributed by atoms with van der Waals surface area (Å²) in [5, 5.41) is 13.5. The quantitative estimate of drug-likeness (QED) is 0.707. The molecular formula is C18H16FN3O2. The van der Waals surface area contributed by atoms with E-state index in [0.717, 1.165) is 17.4 Å². The van der Waals surface area contributed by atoms with Gasteiger partial charge >= 0.3 is 0 Å². The molecule has 0 radical (unpaired) electrons. The Hall–Kier alpha value is -2.99. The lowest BCUT2D eigenvalue weighted by atomic mass is 9.97. The Kier molecular flexibility index (Phi) is 4.39. The van der Waals surface area contributed by atoms with Crippen LogP contribution >= 0.6 is 0 Å². The minimum atomic E-state index is -0.334. The van der Waals surface area contributed by atoms with Gasteiger partial charge in [-0.3, -0.25) is 4.79 Å². The highest BCUT2D eigenvalue weighted by Gasteiger charge is 2.14. The SMILES string of the molecule is Nc1c(-c2ccc(C=O)cc2CCO)cnn1-c1ccc(F)cc1. The molecule has 3 N–H and O–H groups in total. The molecule has 24 heavy (non-hydrogen) atoms. The molecule has 0 aliphatic carbocycles. The van der Waals surface area contributed by atoms with Crippen LogP contribution < -0.4 is 5.73 Å². The second-order valence-corrected chi connectivity index (χ2v) is 5.34. The lowest BCUT2D eigenvalue weighted by molar-refractivity contribution is 0.112. The zero-order chi connectivity index (χ0) is 17.1. The molecule has 1 aromatic heterocycles. The first kappa shape index (κ1) is 15.9. The Morgan fingerprint density at radius 1 is 1.17 bits per heavy atom. The predicted octanol–water partition coefficient (Wildman–Crippen LogP) is 2.61. The largest absolute Gasteiger partial charge is 0.396 e. The monoisotopic (exact) mass is 325 g/mol. The van der Waals surface area contributed by atoms with Gasteiger partial charge in [0.1, 0.15) is 17.9 Å². The summed E-state index contributed by atoms with van der Waals surface area (Å²) in [6, 6.07) is 11.1. The van der Waals surface area contributed by atoms with Gasteiger partial charge in [-0.2, -0.15) is 5.10 Å². The number of aliphatic hydroxyl groups excluding tert-OH is 1. The van der Waals surface area contributed by atoms with E-state index in [9.17, 15) is 14.3 Å². The van der Waals surface area contributed by atoms with Crippen molar-refractivity contribution in [3.8, 4) is 16.8 Å². The van der Waals surface area contributed by atoms with Gasteiger partial charge < -0.3 is 10.8 Å². The molecule has 0 aliphatic heterocycles. The van der Waals surface area contributed by atoms with E-state index in [-0.39, 0.29) is 12.4 Å². The molecule has 5 nitrogen and oxygen atoms in total. The summed E-state index contributed by atoms with van der Waals surface area (Å²) >= 11 is 0. The van der Waals surface area contributed by atoms with E-state index in [0.29, 0.717) is 29.1 Å². The number of nitrogen functional groups attached to an aromatic ring is 1. The highest BCUT2D eigenvalue weighted by molar-refractivity contribution is 5.82. The Morgan fingerprint density at radius 2 is 1.92 bits per heavy atom. The number of aliphatic hydroxyl groups is 1. The third kappa shape index (κ3) is 2.91. The van der Waals surface area contributed by atoms with Gasteiger partial charge in [0.25, 0.3) is 0 Å². The number of rotatable bonds is 5. The van der Waals surface area contributed by atoms with Crippen molar-refractivity contribution >= 4 is 12.1 Å². The topological polar surface area (TPSA) is 81.1 Å². The molecule has 0 saturated carbocycles. The Labute approximate surface area is 138 Å². The number of halogens is 1. The van der Waals surface area contributed by atoms with Crippen molar-refractivity contribution in [2.24, 2.45) is 0 Å². The second-order valence-electron chi connectivity index (χ2n) is 5.34. The summed E-state index contributed by atoms with van der Waals surface area (Å²) in [4.78, 5) is 11.0. The maximum atomic E-state index is 13.1. The smallest absolute Gasteiger partial charge is 0.150 e. The molecule has 1 heterocycles. The first-order valence-electron chi connectivity index (χ1n) is 7.43. The standard InChI is InChI=1S/C18H16FN3O2/c19-14-2-4-15(5-3-14)22-18(20)17(10-21-22)16-6-1-12(11-24)9-13(16)7-8-23/h1-6,9-11,23H,7-8,20H2. The summed E-state index contributed by atoms with van der Waals surface area (Å²) in [6.45, 7) is -0.0404. The van der Waals surface area contributed by atoms with Crippen molar-refractivity contribution in [3.05, 3.63) is 65.6 Å². The summed E-state index contributed by atoms with van der Waals surface area (Å²) in [7, 11) is 0. The van der Waals surface area contributed by atoms with Gasteiger partial charge in [0.15, 0.2) is 0 Å². The van der Waals surface area contributed by atoms with E-state index in [2.05, 4.69) is 5.10 Å². The van der Waals surface area contributed by atoms with E-state index < -0.39 is 0 Å². The number of nitrogens with zero attached hydrogens (tertiary/aromatic N) is 2. The molecule has 0 saturated heterocycles. The molecule has 3 aromatic rings. The first-order chi connectivity index (χ1) is 11.6. The second kappa shape index (κ2) is 6.64. The number of hydrogen-bond acceptors (Lipinski definition) is 4. The van der Waals surface area contributed by atoms with E-state index in [1.165, 1.54) is 16.8 Å².